The summed E-state index contributed by atoms with van der Waals surface area (Å²) < 4.78 is 0. The van der Waals surface area contributed by atoms with E-state index < -0.39 is 0 Å². The van der Waals surface area contributed by atoms with Gasteiger partial charge in [0.05, 0.1) is 11.2 Å². The maximum atomic E-state index is 11.8. The van der Waals surface area contributed by atoms with Crippen LogP contribution in [0.3, 0.4) is 0 Å². The van der Waals surface area contributed by atoms with E-state index >= 15 is 0 Å². The molecule has 2 rings (SSSR count). The van der Waals surface area contributed by atoms with Crippen molar-refractivity contribution >= 4 is 17.1 Å². The first-order valence-corrected chi connectivity index (χ1v) is 7.15. The van der Waals surface area contributed by atoms with E-state index in [9.17, 15) is 4.79 Å². The quantitative estimate of drug-likeness (QED) is 0.826. The number of aromatic nitrogens is 1. The molecule has 94 valence electrons. The highest BCUT2D eigenvalue weighted by Crippen LogP contribution is 2.22. The molecule has 1 saturated carbocycles. The van der Waals surface area contributed by atoms with Gasteiger partial charge in [-0.2, -0.15) is 0 Å². The number of carbonyl (C=O) groups excluding carboxylic acids is 1. The average molecular weight is 252 g/mol. The summed E-state index contributed by atoms with van der Waals surface area (Å²) in [4.78, 5) is 19.6. The molecule has 1 aliphatic rings. The van der Waals surface area contributed by atoms with Gasteiger partial charge in [-0.25, -0.2) is 4.98 Å². The first-order valence-electron chi connectivity index (χ1n) is 6.27. The van der Waals surface area contributed by atoms with Crippen LogP contribution in [-0.2, 0) is 11.3 Å². The van der Waals surface area contributed by atoms with Crippen LogP contribution in [0.2, 0.25) is 0 Å². The molecule has 3 nitrogen and oxygen atoms in total. The number of rotatable bonds is 4. The Hall–Kier alpha value is -0.740. The largest absolute Gasteiger partial charge is 0.301 e. The summed E-state index contributed by atoms with van der Waals surface area (Å²) in [5.74, 6) is 0.728. The van der Waals surface area contributed by atoms with Crippen LogP contribution in [0.1, 0.15) is 36.3 Å². The highest BCUT2D eigenvalue weighted by Gasteiger charge is 2.23. The van der Waals surface area contributed by atoms with E-state index in [0.717, 1.165) is 38.0 Å². The lowest BCUT2D eigenvalue weighted by atomic mass is 9.87. The minimum Gasteiger partial charge on any atom is -0.301 e. The molecule has 1 aromatic rings. The Morgan fingerprint density at radius 3 is 3.00 bits per heavy atom. The van der Waals surface area contributed by atoms with Crippen molar-refractivity contribution in [1.29, 1.82) is 0 Å². The van der Waals surface area contributed by atoms with Crippen LogP contribution >= 0.6 is 11.3 Å². The smallest absolute Gasteiger partial charge is 0.137 e. The Kier molecular flexibility index (Phi) is 4.29. The van der Waals surface area contributed by atoms with Gasteiger partial charge >= 0.3 is 0 Å². The van der Waals surface area contributed by atoms with Gasteiger partial charge in [0.15, 0.2) is 0 Å². The second-order valence-corrected chi connectivity index (χ2v) is 5.91. The van der Waals surface area contributed by atoms with E-state index in [2.05, 4.69) is 16.9 Å². The molecular weight excluding hydrogens is 232 g/mol. The zero-order valence-electron chi connectivity index (χ0n) is 10.6. The monoisotopic (exact) mass is 252 g/mol. The topological polar surface area (TPSA) is 33.2 Å². The Morgan fingerprint density at radius 2 is 2.35 bits per heavy atom. The van der Waals surface area contributed by atoms with Gasteiger partial charge < -0.3 is 4.90 Å². The molecule has 0 aliphatic heterocycles. The molecule has 0 spiro atoms. The van der Waals surface area contributed by atoms with Crippen molar-refractivity contribution in [2.45, 2.75) is 39.2 Å². The molecule has 0 saturated heterocycles. The van der Waals surface area contributed by atoms with Crippen LogP contribution in [0.5, 0.6) is 0 Å². The Labute approximate surface area is 107 Å². The number of Topliss-reactive ketones (excluding diaryl/α,β-unsaturated/α-hetero) is 1. The van der Waals surface area contributed by atoms with Crippen molar-refractivity contribution in [3.8, 4) is 0 Å². The number of thiazole rings is 1. The molecule has 1 fully saturated rings. The molecule has 1 heterocycles. The maximum Gasteiger partial charge on any atom is 0.137 e. The predicted molar refractivity (Wildman–Crippen MR) is 70.2 cm³/mol. The molecule has 0 amide bonds. The number of carbonyl (C=O) groups is 1. The highest BCUT2D eigenvalue weighted by molar-refractivity contribution is 7.09. The Morgan fingerprint density at radius 1 is 1.53 bits per heavy atom. The Bertz CT molecular complexity index is 389. The van der Waals surface area contributed by atoms with E-state index in [0.29, 0.717) is 5.78 Å². The summed E-state index contributed by atoms with van der Waals surface area (Å²) in [5.41, 5.74) is 3.02. The molecule has 0 bridgehead atoms. The van der Waals surface area contributed by atoms with Gasteiger partial charge in [0, 0.05) is 30.3 Å². The first-order chi connectivity index (χ1) is 8.16. The summed E-state index contributed by atoms with van der Waals surface area (Å²) in [7, 11) is 2.10. The van der Waals surface area contributed by atoms with Crippen molar-refractivity contribution in [3.05, 3.63) is 16.1 Å². The van der Waals surface area contributed by atoms with Gasteiger partial charge in [-0.3, -0.25) is 4.79 Å². The number of hydrogen-bond donors (Lipinski definition) is 0. The molecule has 17 heavy (non-hydrogen) atoms. The fourth-order valence-corrected chi connectivity index (χ4v) is 3.27. The van der Waals surface area contributed by atoms with E-state index in [1.54, 1.807) is 11.3 Å². The summed E-state index contributed by atoms with van der Waals surface area (Å²) in [6, 6.07) is 0. The molecule has 0 radical (unpaired) electrons. The zero-order valence-corrected chi connectivity index (χ0v) is 11.4. The maximum absolute atomic E-state index is 11.8. The predicted octanol–water partition coefficient (Wildman–Crippen LogP) is 2.64. The van der Waals surface area contributed by atoms with Crippen molar-refractivity contribution in [1.82, 2.24) is 9.88 Å². The van der Waals surface area contributed by atoms with Crippen molar-refractivity contribution in [3.63, 3.8) is 0 Å². The van der Waals surface area contributed by atoms with Gasteiger partial charge in [-0.1, -0.05) is 6.42 Å². The van der Waals surface area contributed by atoms with Crippen LogP contribution in [0, 0.1) is 12.8 Å². The van der Waals surface area contributed by atoms with Crippen LogP contribution in [0.25, 0.3) is 0 Å². The molecule has 1 aromatic heterocycles. The van der Waals surface area contributed by atoms with Crippen molar-refractivity contribution < 1.29 is 4.79 Å². The van der Waals surface area contributed by atoms with Gasteiger partial charge in [0.2, 0.25) is 0 Å². The van der Waals surface area contributed by atoms with E-state index in [4.69, 9.17) is 0 Å². The molecule has 0 aromatic carbocycles. The van der Waals surface area contributed by atoms with E-state index in [-0.39, 0.29) is 5.92 Å². The minimum atomic E-state index is 0.266. The second-order valence-electron chi connectivity index (χ2n) is 4.97. The number of aryl methyl sites for hydroxylation is 1. The second kappa shape index (κ2) is 5.74. The molecular formula is C13H20N2OS. The van der Waals surface area contributed by atoms with Crippen molar-refractivity contribution in [2.24, 2.45) is 5.92 Å². The fourth-order valence-electron chi connectivity index (χ4n) is 2.41. The van der Waals surface area contributed by atoms with Crippen molar-refractivity contribution in [2.75, 3.05) is 13.6 Å². The first kappa shape index (κ1) is 12.7. The number of nitrogens with zero attached hydrogens (tertiary/aromatic N) is 2. The third-order valence-electron chi connectivity index (χ3n) is 3.47. The van der Waals surface area contributed by atoms with Gasteiger partial charge in [0.1, 0.15) is 5.78 Å². The third kappa shape index (κ3) is 3.36. The SMILES string of the molecule is Cc1ncsc1CN(C)CC1CCCCC1=O. The van der Waals surface area contributed by atoms with Crippen LogP contribution in [0.4, 0.5) is 0 Å². The summed E-state index contributed by atoms with van der Waals surface area (Å²) in [6.07, 6.45) is 4.17. The van der Waals surface area contributed by atoms with E-state index in [1.165, 1.54) is 11.3 Å². The Balaban J connectivity index is 1.86. The number of ketones is 1. The normalized spacial score (nSPS) is 21.1. The highest BCUT2D eigenvalue weighted by atomic mass is 32.1. The lowest BCUT2D eigenvalue weighted by molar-refractivity contribution is -0.125. The fraction of sp³-hybridized carbons (Fsp3) is 0.692. The van der Waals surface area contributed by atoms with Crippen LogP contribution < -0.4 is 0 Å². The van der Waals surface area contributed by atoms with Gasteiger partial charge in [-0.15, -0.1) is 11.3 Å². The minimum absolute atomic E-state index is 0.266. The average Bonchev–Trinajstić information content (AvgIpc) is 2.68. The molecule has 4 heteroatoms. The summed E-state index contributed by atoms with van der Waals surface area (Å²) in [5, 5.41) is 0. The molecule has 1 atom stereocenters. The molecule has 1 unspecified atom stereocenters. The van der Waals surface area contributed by atoms with Gasteiger partial charge in [0.25, 0.3) is 0 Å². The third-order valence-corrected chi connectivity index (χ3v) is 4.39. The lowest BCUT2D eigenvalue weighted by Crippen LogP contribution is -2.32. The summed E-state index contributed by atoms with van der Waals surface area (Å²) >= 11 is 1.70. The van der Waals surface area contributed by atoms with E-state index in [1.807, 2.05) is 12.4 Å². The van der Waals surface area contributed by atoms with Crippen LogP contribution in [0.15, 0.2) is 5.51 Å². The lowest BCUT2D eigenvalue weighted by Gasteiger charge is -2.25. The zero-order chi connectivity index (χ0) is 12.3. The summed E-state index contributed by atoms with van der Waals surface area (Å²) in [6.45, 7) is 3.86. The standard InChI is InChI=1S/C13H20N2OS/c1-10-13(17-9-14-10)8-15(2)7-11-5-3-4-6-12(11)16/h9,11H,3-8H2,1-2H3. The molecule has 1 aliphatic carbocycles. The molecule has 0 N–H and O–H groups in total. The number of hydrogen-bond acceptors (Lipinski definition) is 4. The van der Waals surface area contributed by atoms with Gasteiger partial charge in [-0.05, 0) is 26.8 Å². The van der Waals surface area contributed by atoms with Crippen LogP contribution in [-0.4, -0.2) is 29.3 Å².